The summed E-state index contributed by atoms with van der Waals surface area (Å²) in [4.78, 5) is 7.63. The van der Waals surface area contributed by atoms with Gasteiger partial charge in [-0.2, -0.15) is 0 Å². The van der Waals surface area contributed by atoms with Crippen molar-refractivity contribution >= 4 is 58.0 Å². The predicted molar refractivity (Wildman–Crippen MR) is 151 cm³/mol. The second-order valence-corrected chi connectivity index (χ2v) is 10.5. The highest BCUT2D eigenvalue weighted by Gasteiger charge is 2.42. The number of ether oxygens (including phenoxy) is 2. The molecule has 0 aliphatic carbocycles. The van der Waals surface area contributed by atoms with Crippen LogP contribution in [0.3, 0.4) is 0 Å². The molecule has 2 unspecified atom stereocenters. The van der Waals surface area contributed by atoms with Crippen LogP contribution in [0.5, 0.6) is 5.75 Å². The van der Waals surface area contributed by atoms with Gasteiger partial charge in [0.1, 0.15) is 24.2 Å². The van der Waals surface area contributed by atoms with Crippen molar-refractivity contribution in [3.8, 4) is 5.75 Å². The molecule has 1 N–H and O–H groups in total. The first-order valence-electron chi connectivity index (χ1n) is 11.5. The number of aromatic nitrogens is 1. The van der Waals surface area contributed by atoms with E-state index in [1.807, 2.05) is 77.7 Å². The van der Waals surface area contributed by atoms with Crippen LogP contribution >= 0.6 is 47.2 Å². The molecule has 0 radical (unpaired) electrons. The van der Waals surface area contributed by atoms with Crippen molar-refractivity contribution in [1.82, 2.24) is 10.3 Å². The molecule has 2 aromatic carbocycles. The van der Waals surface area contributed by atoms with Crippen molar-refractivity contribution in [3.63, 3.8) is 0 Å². The molecular formula is C27H23Cl2N3O3S2. The second-order valence-electron chi connectivity index (χ2n) is 8.17. The Kier molecular flexibility index (Phi) is 8.22. The van der Waals surface area contributed by atoms with E-state index in [1.165, 1.54) is 11.8 Å². The van der Waals surface area contributed by atoms with E-state index in [2.05, 4.69) is 10.3 Å². The van der Waals surface area contributed by atoms with Gasteiger partial charge in [0.05, 0.1) is 23.4 Å². The molecule has 0 saturated carbocycles. The first kappa shape index (κ1) is 25.9. The molecular weight excluding hydrogens is 549 g/mol. The highest BCUT2D eigenvalue weighted by Crippen LogP contribution is 2.44. The normalized spacial score (nSPS) is 17.2. The number of nitrogens with one attached hydrogen (secondary N) is 1. The van der Waals surface area contributed by atoms with Gasteiger partial charge in [0.2, 0.25) is 0 Å². The molecule has 190 valence electrons. The van der Waals surface area contributed by atoms with Crippen LogP contribution in [-0.2, 0) is 4.74 Å². The van der Waals surface area contributed by atoms with Crippen LogP contribution < -0.4 is 15.0 Å². The zero-order valence-electron chi connectivity index (χ0n) is 19.8. The minimum Gasteiger partial charge on any atom is -0.490 e. The van der Waals surface area contributed by atoms with Crippen LogP contribution in [0.2, 0.25) is 10.0 Å². The number of nitrogens with zero attached hydrogens (tertiary/aromatic N) is 2. The fraction of sp³-hybridized carbons (Fsp3) is 0.185. The third kappa shape index (κ3) is 5.89. The number of pyridine rings is 1. The summed E-state index contributed by atoms with van der Waals surface area (Å²) in [5, 5.41) is 5.91. The van der Waals surface area contributed by atoms with Crippen molar-refractivity contribution in [2.45, 2.75) is 22.1 Å². The molecule has 1 aliphatic rings. The largest absolute Gasteiger partial charge is 0.490 e. The zero-order chi connectivity index (χ0) is 25.8. The lowest BCUT2D eigenvalue weighted by Gasteiger charge is -2.26. The molecule has 2 atom stereocenters. The van der Waals surface area contributed by atoms with E-state index in [4.69, 9.17) is 49.3 Å². The van der Waals surface area contributed by atoms with Gasteiger partial charge in [-0.15, -0.1) is 0 Å². The topological polar surface area (TPSA) is 59.8 Å². The lowest BCUT2D eigenvalue weighted by molar-refractivity contribution is 0.146. The summed E-state index contributed by atoms with van der Waals surface area (Å²) in [6.45, 7) is 0.880. The van der Waals surface area contributed by atoms with Crippen molar-refractivity contribution in [2.24, 2.45) is 0 Å². The molecule has 5 rings (SSSR count). The summed E-state index contributed by atoms with van der Waals surface area (Å²) in [6.07, 6.45) is 1.77. The Morgan fingerprint density at radius 1 is 1.05 bits per heavy atom. The minimum absolute atomic E-state index is 0.232. The smallest absolute Gasteiger partial charge is 0.174 e. The van der Waals surface area contributed by atoms with Gasteiger partial charge in [0.25, 0.3) is 0 Å². The number of halogens is 2. The van der Waals surface area contributed by atoms with Gasteiger partial charge in [-0.05, 0) is 78.9 Å². The maximum Gasteiger partial charge on any atom is 0.174 e. The molecule has 3 heterocycles. The van der Waals surface area contributed by atoms with Crippen LogP contribution in [0.15, 0.2) is 93.4 Å². The van der Waals surface area contributed by atoms with Gasteiger partial charge >= 0.3 is 0 Å². The van der Waals surface area contributed by atoms with E-state index in [9.17, 15) is 0 Å². The Labute approximate surface area is 234 Å². The first-order valence-corrected chi connectivity index (χ1v) is 13.5. The molecule has 1 aliphatic heterocycles. The number of hydrogen-bond acceptors (Lipinski definition) is 6. The standard InChI is InChI=1S/C27H23Cl2N3O3S2/c1-33-14-15-34-22-10-7-18(16-20(22)29)32-26(25(31-27(32)36)21-4-2-3-13-30-21)23-11-12-24(35-23)37-19-8-5-17(28)6-9-19/h2-13,16,25-26H,14-15H2,1H3,(H,31,36). The van der Waals surface area contributed by atoms with Crippen LogP contribution in [0.25, 0.3) is 0 Å². The van der Waals surface area contributed by atoms with Gasteiger partial charge in [-0.1, -0.05) is 41.0 Å². The monoisotopic (exact) mass is 571 g/mol. The Balaban J connectivity index is 1.48. The summed E-state index contributed by atoms with van der Waals surface area (Å²) in [6, 6.07) is 22.5. The summed E-state index contributed by atoms with van der Waals surface area (Å²) in [5.74, 6) is 1.33. The van der Waals surface area contributed by atoms with E-state index in [-0.39, 0.29) is 12.1 Å². The number of rotatable bonds is 9. The highest BCUT2D eigenvalue weighted by atomic mass is 35.5. The second kappa shape index (κ2) is 11.8. The summed E-state index contributed by atoms with van der Waals surface area (Å²) >= 11 is 19.9. The molecule has 1 fully saturated rings. The lowest BCUT2D eigenvalue weighted by atomic mass is 10.0. The van der Waals surface area contributed by atoms with Crippen molar-refractivity contribution in [1.29, 1.82) is 0 Å². The molecule has 0 spiro atoms. The third-order valence-electron chi connectivity index (χ3n) is 5.76. The summed E-state index contributed by atoms with van der Waals surface area (Å²) in [5.41, 5.74) is 1.67. The number of anilines is 1. The first-order chi connectivity index (χ1) is 18.0. The molecule has 1 saturated heterocycles. The van der Waals surface area contributed by atoms with E-state index in [0.717, 1.165) is 27.1 Å². The maximum atomic E-state index is 6.58. The van der Waals surface area contributed by atoms with Crippen LogP contribution in [0, 0.1) is 0 Å². The highest BCUT2D eigenvalue weighted by molar-refractivity contribution is 7.99. The fourth-order valence-corrected chi connectivity index (χ4v) is 5.56. The predicted octanol–water partition coefficient (Wildman–Crippen LogP) is 7.33. The lowest BCUT2D eigenvalue weighted by Crippen LogP contribution is -2.29. The van der Waals surface area contributed by atoms with Crippen LogP contribution in [-0.4, -0.2) is 30.4 Å². The molecule has 2 aromatic heterocycles. The third-order valence-corrected chi connectivity index (χ3v) is 7.55. The van der Waals surface area contributed by atoms with Crippen molar-refractivity contribution in [3.05, 3.63) is 100 Å². The summed E-state index contributed by atoms with van der Waals surface area (Å²) < 4.78 is 17.1. The number of hydrogen-bond donors (Lipinski definition) is 1. The quantitative estimate of drug-likeness (QED) is 0.165. The number of thiocarbonyl (C=S) groups is 1. The van der Waals surface area contributed by atoms with Gasteiger partial charge in [0, 0.05) is 28.9 Å². The maximum absolute atomic E-state index is 6.58. The molecule has 4 aromatic rings. The zero-order valence-corrected chi connectivity index (χ0v) is 22.9. The SMILES string of the molecule is COCCOc1ccc(N2C(=S)NC(c3ccccn3)C2c2ccc(Sc3ccc(Cl)cc3)o2)cc1Cl. The van der Waals surface area contributed by atoms with Gasteiger partial charge in [-0.25, -0.2) is 0 Å². The van der Waals surface area contributed by atoms with Crippen molar-refractivity contribution < 1.29 is 13.9 Å². The van der Waals surface area contributed by atoms with E-state index >= 15 is 0 Å². The number of benzene rings is 2. The Morgan fingerprint density at radius 2 is 1.89 bits per heavy atom. The number of furan rings is 1. The Bertz CT molecular complexity index is 1370. The number of methoxy groups -OCH3 is 1. The molecule has 10 heteroatoms. The molecule has 0 amide bonds. The molecule has 37 heavy (non-hydrogen) atoms. The molecule has 0 bridgehead atoms. The van der Waals surface area contributed by atoms with Gasteiger partial charge in [-0.3, -0.25) is 4.98 Å². The van der Waals surface area contributed by atoms with Crippen molar-refractivity contribution in [2.75, 3.05) is 25.2 Å². The average Bonchev–Trinajstić information content (AvgIpc) is 3.51. The minimum atomic E-state index is -0.293. The Morgan fingerprint density at radius 3 is 2.62 bits per heavy atom. The molecule has 6 nitrogen and oxygen atoms in total. The average molecular weight is 573 g/mol. The van der Waals surface area contributed by atoms with E-state index in [1.54, 1.807) is 13.3 Å². The van der Waals surface area contributed by atoms with E-state index < -0.39 is 0 Å². The summed E-state index contributed by atoms with van der Waals surface area (Å²) in [7, 11) is 1.63. The van der Waals surface area contributed by atoms with Gasteiger partial charge in [0.15, 0.2) is 10.2 Å². The fourth-order valence-electron chi connectivity index (χ4n) is 4.08. The van der Waals surface area contributed by atoms with Crippen LogP contribution in [0.4, 0.5) is 5.69 Å². The van der Waals surface area contributed by atoms with Crippen LogP contribution in [0.1, 0.15) is 23.5 Å². The van der Waals surface area contributed by atoms with E-state index in [0.29, 0.717) is 34.1 Å². The Hall–Kier alpha value is -2.75. The van der Waals surface area contributed by atoms with Gasteiger partial charge < -0.3 is 24.1 Å².